The van der Waals surface area contributed by atoms with Gasteiger partial charge in [-0.25, -0.2) is 9.37 Å². The van der Waals surface area contributed by atoms with E-state index in [9.17, 15) is 24.4 Å². The molecule has 6 rings (SSSR count). The summed E-state index contributed by atoms with van der Waals surface area (Å²) in [6.45, 7) is 14.9. The Kier molecular flexibility index (Phi) is 17.5. The zero-order valence-electron chi connectivity index (χ0n) is 40.6. The maximum atomic E-state index is 15.4. The summed E-state index contributed by atoms with van der Waals surface area (Å²) in [5.41, 5.74) is 4.18. The number of aryl methyl sites for hydroxylation is 1. The molecule has 3 atom stereocenters. The topological polar surface area (TPSA) is 176 Å². The highest BCUT2D eigenvalue weighted by Crippen LogP contribution is 2.39. The molecular formula is C51H62FN7O8S2. The van der Waals surface area contributed by atoms with Crippen molar-refractivity contribution >= 4 is 63.7 Å². The Hall–Kier alpha value is -6.00. The lowest BCUT2D eigenvalue weighted by Crippen LogP contribution is -2.58. The minimum Gasteiger partial charge on any atom is -0.495 e. The van der Waals surface area contributed by atoms with Gasteiger partial charge in [0.05, 0.1) is 41.0 Å². The summed E-state index contributed by atoms with van der Waals surface area (Å²) in [6, 6.07) is 17.7. The molecule has 2 saturated heterocycles. The molecule has 3 aromatic carbocycles. The fraction of sp³-hybridized carbons (Fsp3) is 0.471. The van der Waals surface area contributed by atoms with Crippen molar-refractivity contribution in [3.8, 4) is 28.0 Å². The summed E-state index contributed by atoms with van der Waals surface area (Å²) in [5, 5.41) is 15.4. The number of thiocarbonyl (C=S) groups is 1. The van der Waals surface area contributed by atoms with Crippen LogP contribution in [0.3, 0.4) is 0 Å². The fourth-order valence-electron chi connectivity index (χ4n) is 8.35. The Bertz CT molecular complexity index is 2540. The zero-order chi connectivity index (χ0) is 50.0. The van der Waals surface area contributed by atoms with Crippen LogP contribution in [0.2, 0.25) is 0 Å². The second-order valence-electron chi connectivity index (χ2n) is 18.9. The van der Waals surface area contributed by atoms with E-state index >= 15 is 4.39 Å². The van der Waals surface area contributed by atoms with Gasteiger partial charge in [-0.1, -0.05) is 52.0 Å². The molecular weight excluding hydrogens is 922 g/mol. The number of thiazole rings is 1. The number of hydrogen-bond acceptors (Lipinski definition) is 12. The van der Waals surface area contributed by atoms with Crippen molar-refractivity contribution in [2.45, 2.75) is 98.3 Å². The highest BCUT2D eigenvalue weighted by Gasteiger charge is 2.50. The van der Waals surface area contributed by atoms with Crippen LogP contribution in [0.15, 0.2) is 66.2 Å². The summed E-state index contributed by atoms with van der Waals surface area (Å²) in [6.07, 6.45) is 2.35. The van der Waals surface area contributed by atoms with Crippen molar-refractivity contribution in [3.63, 3.8) is 0 Å². The van der Waals surface area contributed by atoms with Crippen LogP contribution < -0.4 is 29.9 Å². The van der Waals surface area contributed by atoms with Crippen LogP contribution >= 0.6 is 23.6 Å². The third kappa shape index (κ3) is 12.6. The summed E-state index contributed by atoms with van der Waals surface area (Å²) in [7, 11) is 1.44. The number of rotatable bonds is 21. The summed E-state index contributed by atoms with van der Waals surface area (Å²) in [5.74, 6) is -1.39. The van der Waals surface area contributed by atoms with Gasteiger partial charge in [-0.15, -0.1) is 11.3 Å². The molecule has 0 spiro atoms. The number of ether oxygens (including phenoxy) is 4. The molecule has 0 radical (unpaired) electrons. The number of nitriles is 1. The molecule has 3 heterocycles. The minimum absolute atomic E-state index is 0.0660. The number of halogens is 1. The molecule has 15 nitrogen and oxygen atoms in total. The van der Waals surface area contributed by atoms with Gasteiger partial charge in [0.15, 0.2) is 16.7 Å². The predicted octanol–water partition coefficient (Wildman–Crippen LogP) is 7.72. The second kappa shape index (κ2) is 23.1. The molecule has 2 aliphatic heterocycles. The number of nitrogens with zero attached hydrogens (tertiary/aromatic N) is 5. The van der Waals surface area contributed by atoms with Crippen LogP contribution in [0, 0.1) is 35.4 Å². The van der Waals surface area contributed by atoms with Gasteiger partial charge in [-0.3, -0.25) is 24.1 Å². The number of methoxy groups -OCH3 is 1. The second-order valence-corrected chi connectivity index (χ2v) is 20.1. The normalized spacial score (nSPS) is 17.2. The van der Waals surface area contributed by atoms with E-state index in [0.717, 1.165) is 21.7 Å². The molecule has 0 aliphatic carbocycles. The Balaban J connectivity index is 0.871. The number of carbonyl (C=O) groups is 4. The van der Waals surface area contributed by atoms with Crippen molar-refractivity contribution in [2.24, 2.45) is 11.3 Å². The lowest BCUT2D eigenvalue weighted by Gasteiger charge is -2.35. The Labute approximate surface area is 413 Å². The standard InChI is InChI=1S/C51H62FN7O8S2/c1-32-24-40(46(61)54-28-34-12-14-35(15-13-34)44-33(2)55-31-69-44)57(29-32)47(62)45(50(3,4)5)56-43(60)30-66-22-11-21-65-20-9-10-23-67-41-19-18-38(25-39(41)52)59-49(68)58(48(63)51(59,6)7)37-17-16-36(27-53)42(26-37)64-8/h12-19,25-26,31-32,40,45H,9-11,20-24,28-30H2,1-8H3,(H,54,61)(H,56,60)/t32-,40+,45-/m1/s1. The molecule has 4 amide bonds. The first-order chi connectivity index (χ1) is 32.8. The van der Waals surface area contributed by atoms with Crippen molar-refractivity contribution in [2.75, 3.05) is 56.5 Å². The molecule has 4 aromatic rings. The van der Waals surface area contributed by atoms with Crippen LogP contribution in [0.1, 0.15) is 84.0 Å². The molecule has 18 heteroatoms. The minimum atomic E-state index is -1.14. The van der Waals surface area contributed by atoms with Crippen LogP contribution in [0.4, 0.5) is 15.8 Å². The van der Waals surface area contributed by atoms with Crippen molar-refractivity contribution < 1.29 is 42.5 Å². The van der Waals surface area contributed by atoms with E-state index in [4.69, 9.17) is 31.2 Å². The first kappa shape index (κ1) is 52.4. The number of carbonyl (C=O) groups excluding carboxylic acids is 4. The van der Waals surface area contributed by atoms with E-state index in [1.165, 1.54) is 24.1 Å². The number of aromatic nitrogens is 1. The van der Waals surface area contributed by atoms with Crippen LogP contribution in [-0.4, -0.2) is 103 Å². The zero-order valence-corrected chi connectivity index (χ0v) is 42.2. The average molecular weight is 984 g/mol. The van der Waals surface area contributed by atoms with Gasteiger partial charge in [0.2, 0.25) is 17.7 Å². The van der Waals surface area contributed by atoms with Crippen LogP contribution in [0.5, 0.6) is 11.5 Å². The van der Waals surface area contributed by atoms with E-state index in [-0.39, 0.29) is 54.3 Å². The van der Waals surface area contributed by atoms with E-state index in [2.05, 4.69) is 21.7 Å². The molecule has 0 saturated carbocycles. The monoisotopic (exact) mass is 983 g/mol. The van der Waals surface area contributed by atoms with Crippen molar-refractivity contribution in [3.05, 3.63) is 88.8 Å². The average Bonchev–Trinajstić information content (AvgIpc) is 3.98. The van der Waals surface area contributed by atoms with E-state index < -0.39 is 34.8 Å². The highest BCUT2D eigenvalue weighted by atomic mass is 32.1. The molecule has 1 aromatic heterocycles. The molecule has 0 unspecified atom stereocenters. The lowest BCUT2D eigenvalue weighted by atomic mass is 9.85. The van der Waals surface area contributed by atoms with E-state index in [0.29, 0.717) is 74.7 Å². The van der Waals surface area contributed by atoms with Gasteiger partial charge in [-0.05, 0) is 105 Å². The number of anilines is 2. The first-order valence-electron chi connectivity index (χ1n) is 23.1. The van der Waals surface area contributed by atoms with Gasteiger partial charge in [0, 0.05) is 50.7 Å². The number of hydrogen-bond donors (Lipinski definition) is 2. The van der Waals surface area contributed by atoms with Crippen molar-refractivity contribution in [1.29, 1.82) is 5.26 Å². The SMILES string of the molecule is COc1cc(N2C(=O)C(C)(C)N(c3ccc(OCCCCOCCCOCC(=O)N[C@H](C(=O)N4C[C@H](C)C[C@H]4C(=O)NCc4ccc(-c5scnc5C)cc4)C(C)(C)C)c(F)c3)C2=S)ccc1C#N. The number of amides is 4. The van der Waals surface area contributed by atoms with Crippen molar-refractivity contribution in [1.82, 2.24) is 20.5 Å². The number of nitrogens with one attached hydrogen (secondary N) is 2. The lowest BCUT2D eigenvalue weighted by molar-refractivity contribution is -0.144. The van der Waals surface area contributed by atoms with Gasteiger partial charge in [0.1, 0.15) is 36.0 Å². The van der Waals surface area contributed by atoms with E-state index in [1.807, 2.05) is 64.4 Å². The third-order valence-electron chi connectivity index (χ3n) is 12.1. The Morgan fingerprint density at radius 3 is 2.35 bits per heavy atom. The van der Waals surface area contributed by atoms with E-state index in [1.54, 1.807) is 59.2 Å². The maximum Gasteiger partial charge on any atom is 0.259 e. The summed E-state index contributed by atoms with van der Waals surface area (Å²) >= 11 is 7.32. The first-order valence-corrected chi connectivity index (χ1v) is 24.4. The van der Waals surface area contributed by atoms with Gasteiger partial charge in [0.25, 0.3) is 5.91 Å². The molecule has 2 N–H and O–H groups in total. The molecule has 2 fully saturated rings. The number of likely N-dealkylation sites (tertiary alicyclic amines) is 1. The summed E-state index contributed by atoms with van der Waals surface area (Å²) in [4.78, 5) is 64.2. The molecule has 2 aliphatic rings. The van der Waals surface area contributed by atoms with Gasteiger partial charge in [-0.2, -0.15) is 5.26 Å². The highest BCUT2D eigenvalue weighted by molar-refractivity contribution is 7.81. The predicted molar refractivity (Wildman–Crippen MR) is 267 cm³/mol. The van der Waals surface area contributed by atoms with Gasteiger partial charge >= 0.3 is 0 Å². The maximum absolute atomic E-state index is 15.4. The Morgan fingerprint density at radius 1 is 0.986 bits per heavy atom. The van der Waals surface area contributed by atoms with Gasteiger partial charge < -0.3 is 39.4 Å². The van der Waals surface area contributed by atoms with Crippen LogP contribution in [-0.2, 0) is 35.2 Å². The fourth-order valence-corrected chi connectivity index (χ4v) is 9.68. The smallest absolute Gasteiger partial charge is 0.259 e. The molecule has 368 valence electrons. The Morgan fingerprint density at radius 2 is 1.68 bits per heavy atom. The third-order valence-corrected chi connectivity index (χ3v) is 13.4. The summed E-state index contributed by atoms with van der Waals surface area (Å²) < 4.78 is 37.8. The van der Waals surface area contributed by atoms with Crippen LogP contribution in [0.25, 0.3) is 10.4 Å². The molecule has 69 heavy (non-hydrogen) atoms. The number of benzene rings is 3. The number of unbranched alkanes of at least 4 members (excludes halogenated alkanes) is 1. The quantitative estimate of drug-likeness (QED) is 0.0615. The largest absolute Gasteiger partial charge is 0.495 e. The molecule has 0 bridgehead atoms.